The molecule has 4 saturated heterocycles. The zero-order chi connectivity index (χ0) is 36.2. The molecule has 13 unspecified atom stereocenters. The van der Waals surface area contributed by atoms with Crippen LogP contribution in [-0.4, -0.2) is 123 Å². The van der Waals surface area contributed by atoms with Gasteiger partial charge in [-0.25, -0.2) is 0 Å². The highest BCUT2D eigenvalue weighted by Gasteiger charge is 2.68. The topological polar surface area (TPSA) is 177 Å². The minimum atomic E-state index is -1.61. The van der Waals surface area contributed by atoms with Crippen molar-refractivity contribution in [3.8, 4) is 0 Å². The van der Waals surface area contributed by atoms with E-state index in [4.69, 9.17) is 28.4 Å². The number of aliphatic hydroxyl groups excluding tert-OH is 6. The molecule has 0 aromatic carbocycles. The summed E-state index contributed by atoms with van der Waals surface area (Å²) in [4.78, 5) is 0. The third-order valence-corrected chi connectivity index (χ3v) is 15.6. The van der Waals surface area contributed by atoms with Crippen molar-refractivity contribution in [3.63, 3.8) is 0 Å². The third-order valence-electron chi connectivity index (χ3n) is 15.6. The Balaban J connectivity index is 0.964. The first-order valence-corrected chi connectivity index (χ1v) is 19.8. The van der Waals surface area contributed by atoms with E-state index in [2.05, 4.69) is 33.8 Å². The molecule has 8 aliphatic rings. The van der Waals surface area contributed by atoms with Crippen molar-refractivity contribution in [2.75, 3.05) is 13.2 Å². The standard InChI is InChI=1S/C39H62O12/c1-18-8-13-39(46-17-18)19(2)28-26(51-39)15-25-23-7-6-21-14-22(9-11-37(21,4)24(23)10-12-38(25,28)5)48-36-34(32(44)30(42)27(16-40)49-36)50-35-33(45)31(43)29(41)20(3)47-35/h6,18-20,22-36,40-45H,7-17H2,1-5H3/t18?,19?,20?,22?,23-,24+,25-,26+,27?,28-,29?,30?,31?,32?,33?,34?,35?,36?,37-,38-,39+/m0/s1. The van der Waals surface area contributed by atoms with E-state index in [1.165, 1.54) is 31.8 Å². The zero-order valence-electron chi connectivity index (χ0n) is 30.9. The van der Waals surface area contributed by atoms with Gasteiger partial charge in [-0.2, -0.15) is 0 Å². The fourth-order valence-corrected chi connectivity index (χ4v) is 12.5. The van der Waals surface area contributed by atoms with Gasteiger partial charge in [-0.3, -0.25) is 0 Å². The van der Waals surface area contributed by atoms with E-state index in [-0.39, 0.29) is 23.0 Å². The summed E-state index contributed by atoms with van der Waals surface area (Å²) in [6.07, 6.45) is -1.68. The first-order valence-electron chi connectivity index (χ1n) is 19.8. The molecule has 8 rings (SSSR count). The van der Waals surface area contributed by atoms with Crippen LogP contribution >= 0.6 is 0 Å². The number of hydrogen-bond acceptors (Lipinski definition) is 12. The smallest absolute Gasteiger partial charge is 0.187 e. The van der Waals surface area contributed by atoms with Crippen LogP contribution in [0.1, 0.15) is 92.4 Å². The van der Waals surface area contributed by atoms with Crippen LogP contribution in [0.2, 0.25) is 0 Å². The van der Waals surface area contributed by atoms with Gasteiger partial charge in [0, 0.05) is 12.3 Å². The van der Waals surface area contributed by atoms with Gasteiger partial charge in [0.1, 0.15) is 42.7 Å². The average molecular weight is 723 g/mol. The highest BCUT2D eigenvalue weighted by atomic mass is 16.8. The van der Waals surface area contributed by atoms with E-state index in [9.17, 15) is 30.6 Å². The van der Waals surface area contributed by atoms with Crippen LogP contribution in [0.5, 0.6) is 0 Å². The molecule has 51 heavy (non-hydrogen) atoms. The molecule has 4 aliphatic carbocycles. The molecule has 0 amide bonds. The van der Waals surface area contributed by atoms with Crippen molar-refractivity contribution in [1.82, 2.24) is 0 Å². The van der Waals surface area contributed by atoms with Crippen molar-refractivity contribution in [2.45, 2.75) is 172 Å². The lowest BCUT2D eigenvalue weighted by Crippen LogP contribution is -2.64. The molecule has 21 atom stereocenters. The summed E-state index contributed by atoms with van der Waals surface area (Å²) in [5.41, 5.74) is 1.70. The molecule has 12 nitrogen and oxygen atoms in total. The summed E-state index contributed by atoms with van der Waals surface area (Å²) in [5.74, 6) is 2.92. The monoisotopic (exact) mass is 722 g/mol. The lowest BCUT2D eigenvalue weighted by atomic mass is 9.47. The summed E-state index contributed by atoms with van der Waals surface area (Å²) in [6.45, 7) is 11.5. The van der Waals surface area contributed by atoms with Crippen molar-refractivity contribution < 1.29 is 59.1 Å². The van der Waals surface area contributed by atoms with Crippen LogP contribution in [0.4, 0.5) is 0 Å². The Kier molecular flexibility index (Phi) is 9.83. The van der Waals surface area contributed by atoms with Crippen molar-refractivity contribution in [2.24, 2.45) is 46.3 Å². The zero-order valence-corrected chi connectivity index (χ0v) is 30.9. The molecule has 12 heteroatoms. The van der Waals surface area contributed by atoms with Gasteiger partial charge in [0.15, 0.2) is 18.4 Å². The fourth-order valence-electron chi connectivity index (χ4n) is 12.5. The molecule has 1 spiro atoms. The van der Waals surface area contributed by atoms with Gasteiger partial charge in [0.25, 0.3) is 0 Å². The number of ether oxygens (including phenoxy) is 6. The van der Waals surface area contributed by atoms with Gasteiger partial charge in [-0.05, 0) is 98.7 Å². The van der Waals surface area contributed by atoms with Gasteiger partial charge < -0.3 is 59.1 Å². The highest BCUT2D eigenvalue weighted by Crippen LogP contribution is 2.70. The number of fused-ring (bicyclic) bond motifs is 7. The first-order chi connectivity index (χ1) is 24.2. The summed E-state index contributed by atoms with van der Waals surface area (Å²) < 4.78 is 37.6. The Labute approximate surface area is 301 Å². The molecule has 0 aromatic heterocycles. The van der Waals surface area contributed by atoms with E-state index >= 15 is 0 Å². The second-order valence-electron chi connectivity index (χ2n) is 18.3. The first kappa shape index (κ1) is 37.2. The summed E-state index contributed by atoms with van der Waals surface area (Å²) in [6, 6.07) is 0. The van der Waals surface area contributed by atoms with E-state index in [1.807, 2.05) is 0 Å². The quantitative estimate of drug-likeness (QED) is 0.229. The Bertz CT molecular complexity index is 1300. The summed E-state index contributed by atoms with van der Waals surface area (Å²) in [5, 5.41) is 62.9. The Hall–Kier alpha value is -0.740. The maximum atomic E-state index is 11.1. The molecule has 7 fully saturated rings. The minimum Gasteiger partial charge on any atom is -0.394 e. The number of rotatable bonds is 5. The van der Waals surface area contributed by atoms with Crippen LogP contribution in [0.25, 0.3) is 0 Å². The summed E-state index contributed by atoms with van der Waals surface area (Å²) in [7, 11) is 0. The maximum Gasteiger partial charge on any atom is 0.187 e. The van der Waals surface area contributed by atoms with Gasteiger partial charge in [0.2, 0.25) is 0 Å². The van der Waals surface area contributed by atoms with Crippen molar-refractivity contribution in [3.05, 3.63) is 11.6 Å². The molecular formula is C39H62O12. The van der Waals surface area contributed by atoms with Gasteiger partial charge >= 0.3 is 0 Å². The lowest BCUT2D eigenvalue weighted by Gasteiger charge is -2.58. The fraction of sp³-hybridized carbons (Fsp3) is 0.949. The SMILES string of the molecule is CC1CC[C@@]2(OC1)O[C@@H]1C[C@H]3[C@H]4CC=C5CC(OC6OC(CO)C(O)C(O)C6OC6OC(C)C(O)C(O)C6O)CC[C@]5(C)[C@@H]4CC[C@]3(C)[C@H]1C2C. The maximum absolute atomic E-state index is 11.1. The molecule has 0 bridgehead atoms. The second-order valence-corrected chi connectivity index (χ2v) is 18.3. The number of allylic oxidation sites excluding steroid dienone is 1. The highest BCUT2D eigenvalue weighted by molar-refractivity contribution is 5.26. The molecule has 3 saturated carbocycles. The van der Waals surface area contributed by atoms with E-state index in [1.54, 1.807) is 0 Å². The molecule has 6 N–H and O–H groups in total. The van der Waals surface area contributed by atoms with Gasteiger partial charge in [-0.1, -0.05) is 39.3 Å². The molecule has 290 valence electrons. The molecule has 0 radical (unpaired) electrons. The average Bonchev–Trinajstić information content (AvgIpc) is 3.56. The third kappa shape index (κ3) is 5.84. The normalized spacial score (nSPS) is 58.4. The molecule has 0 aromatic rings. The van der Waals surface area contributed by atoms with Crippen LogP contribution in [0, 0.1) is 46.3 Å². The van der Waals surface area contributed by atoms with Gasteiger partial charge in [-0.15, -0.1) is 0 Å². The van der Waals surface area contributed by atoms with Crippen LogP contribution in [-0.2, 0) is 28.4 Å². The van der Waals surface area contributed by atoms with Crippen LogP contribution in [0.3, 0.4) is 0 Å². The Morgan fingerprint density at radius 3 is 2.33 bits per heavy atom. The van der Waals surface area contributed by atoms with E-state index in [0.717, 1.165) is 38.7 Å². The molecular weight excluding hydrogens is 660 g/mol. The lowest BCUT2D eigenvalue weighted by molar-refractivity contribution is -0.369. The largest absolute Gasteiger partial charge is 0.394 e. The molecule has 4 aliphatic heterocycles. The van der Waals surface area contributed by atoms with E-state index < -0.39 is 73.8 Å². The number of aliphatic hydroxyl groups is 6. The number of hydrogen-bond donors (Lipinski definition) is 6. The van der Waals surface area contributed by atoms with Gasteiger partial charge in [0.05, 0.1) is 31.5 Å². The Morgan fingerprint density at radius 2 is 1.61 bits per heavy atom. The second kappa shape index (κ2) is 13.5. The summed E-state index contributed by atoms with van der Waals surface area (Å²) >= 11 is 0. The predicted octanol–water partition coefficient (Wildman–Crippen LogP) is 2.39. The Morgan fingerprint density at radius 1 is 0.824 bits per heavy atom. The van der Waals surface area contributed by atoms with Crippen LogP contribution in [0.15, 0.2) is 11.6 Å². The molecule has 4 heterocycles. The minimum absolute atomic E-state index is 0.0535. The van der Waals surface area contributed by atoms with Crippen molar-refractivity contribution in [1.29, 1.82) is 0 Å². The van der Waals surface area contributed by atoms with E-state index in [0.29, 0.717) is 41.9 Å². The van der Waals surface area contributed by atoms with Crippen molar-refractivity contribution >= 4 is 0 Å². The predicted molar refractivity (Wildman–Crippen MR) is 182 cm³/mol. The van der Waals surface area contributed by atoms with Crippen LogP contribution < -0.4 is 0 Å².